The van der Waals surface area contributed by atoms with Gasteiger partial charge in [-0.2, -0.15) is 0 Å². The molecular weight excluding hydrogens is 192 g/mol. The van der Waals surface area contributed by atoms with Crippen LogP contribution in [0, 0.1) is 0 Å². The minimum absolute atomic E-state index is 0.226. The largest absolute Gasteiger partial charge is 0.245 e. The van der Waals surface area contributed by atoms with E-state index in [1.807, 2.05) is 13.8 Å². The van der Waals surface area contributed by atoms with Gasteiger partial charge in [0.25, 0.3) is 0 Å². The van der Waals surface area contributed by atoms with Crippen LogP contribution in [0.25, 0.3) is 11.5 Å². The smallest absolute Gasteiger partial charge is 0.222 e. The highest BCUT2D eigenvalue weighted by Gasteiger charge is 2.07. The molecule has 0 saturated carbocycles. The van der Waals surface area contributed by atoms with Crippen LogP contribution >= 0.6 is 0 Å². The summed E-state index contributed by atoms with van der Waals surface area (Å²) in [4.78, 5) is 7.82. The van der Waals surface area contributed by atoms with E-state index in [-0.39, 0.29) is 5.92 Å². The van der Waals surface area contributed by atoms with Crippen LogP contribution in [0.2, 0.25) is 0 Å². The zero-order chi connectivity index (χ0) is 10.7. The van der Waals surface area contributed by atoms with Gasteiger partial charge in [-0.25, -0.2) is 9.97 Å². The van der Waals surface area contributed by atoms with E-state index < -0.39 is 0 Å². The van der Waals surface area contributed by atoms with Crippen molar-refractivity contribution in [2.45, 2.75) is 19.8 Å². The molecular formula is C9H10N6. The molecule has 0 atom stereocenters. The number of nitrogens with zero attached hydrogens (tertiary/aromatic N) is 6. The van der Waals surface area contributed by atoms with Gasteiger partial charge in [0.15, 0.2) is 5.82 Å². The van der Waals surface area contributed by atoms with Gasteiger partial charge in [0.2, 0.25) is 5.82 Å². The van der Waals surface area contributed by atoms with Crippen molar-refractivity contribution in [3.05, 3.63) is 24.4 Å². The van der Waals surface area contributed by atoms with Crippen molar-refractivity contribution in [2.75, 3.05) is 0 Å². The molecule has 0 fully saturated rings. The second kappa shape index (κ2) is 4.04. The molecule has 0 aromatic carbocycles. The third-order valence-electron chi connectivity index (χ3n) is 1.82. The van der Waals surface area contributed by atoms with E-state index in [9.17, 15) is 0 Å². The Morgan fingerprint density at radius 2 is 1.80 bits per heavy atom. The molecule has 6 heteroatoms. The first-order valence-electron chi connectivity index (χ1n) is 4.61. The molecule has 0 bridgehead atoms. The molecule has 0 N–H and O–H groups in total. The Morgan fingerprint density at radius 1 is 1.07 bits per heavy atom. The van der Waals surface area contributed by atoms with E-state index in [2.05, 4.69) is 30.4 Å². The first-order chi connectivity index (χ1) is 7.27. The van der Waals surface area contributed by atoms with Gasteiger partial charge >= 0.3 is 0 Å². The van der Waals surface area contributed by atoms with Crippen LogP contribution in [0.3, 0.4) is 0 Å². The fraction of sp³-hybridized carbons (Fsp3) is 0.333. The second-order valence-electron chi connectivity index (χ2n) is 3.33. The lowest BCUT2D eigenvalue weighted by molar-refractivity contribution is 0.693. The van der Waals surface area contributed by atoms with Crippen molar-refractivity contribution in [1.82, 2.24) is 30.4 Å². The zero-order valence-electron chi connectivity index (χ0n) is 8.49. The summed E-state index contributed by atoms with van der Waals surface area (Å²) < 4.78 is 0. The topological polar surface area (TPSA) is 77.3 Å². The quantitative estimate of drug-likeness (QED) is 0.718. The first kappa shape index (κ1) is 9.57. The van der Waals surface area contributed by atoms with Crippen LogP contribution in [0.5, 0.6) is 0 Å². The van der Waals surface area contributed by atoms with Crippen molar-refractivity contribution < 1.29 is 0 Å². The lowest BCUT2D eigenvalue weighted by Gasteiger charge is -2.00. The Bertz CT molecular complexity index is 424. The Kier molecular flexibility index (Phi) is 2.57. The van der Waals surface area contributed by atoms with E-state index in [4.69, 9.17) is 0 Å². The van der Waals surface area contributed by atoms with Crippen LogP contribution in [-0.2, 0) is 0 Å². The Balaban J connectivity index is 2.32. The first-order valence-corrected chi connectivity index (χ1v) is 4.61. The lowest BCUT2D eigenvalue weighted by Crippen LogP contribution is -2.04. The molecule has 0 aliphatic carbocycles. The third kappa shape index (κ3) is 2.09. The van der Waals surface area contributed by atoms with Crippen molar-refractivity contribution in [1.29, 1.82) is 0 Å². The fourth-order valence-corrected chi connectivity index (χ4v) is 0.994. The van der Waals surface area contributed by atoms with Crippen molar-refractivity contribution in [3.8, 4) is 11.5 Å². The van der Waals surface area contributed by atoms with Crippen LogP contribution in [-0.4, -0.2) is 30.4 Å². The van der Waals surface area contributed by atoms with Gasteiger partial charge in [-0.3, -0.25) is 0 Å². The molecule has 15 heavy (non-hydrogen) atoms. The Morgan fingerprint density at radius 3 is 2.33 bits per heavy atom. The molecule has 0 unspecified atom stereocenters. The highest BCUT2D eigenvalue weighted by Crippen LogP contribution is 2.09. The van der Waals surface area contributed by atoms with Gasteiger partial charge in [-0.15, -0.1) is 20.4 Å². The van der Waals surface area contributed by atoms with Crippen LogP contribution < -0.4 is 0 Å². The summed E-state index contributed by atoms with van der Waals surface area (Å²) in [6.07, 6.45) is 3.07. The monoisotopic (exact) mass is 202 g/mol. The third-order valence-corrected chi connectivity index (χ3v) is 1.82. The van der Waals surface area contributed by atoms with Crippen LogP contribution in [0.1, 0.15) is 25.6 Å². The number of hydrogen-bond donors (Lipinski definition) is 0. The number of aromatic nitrogens is 6. The van der Waals surface area contributed by atoms with Gasteiger partial charge in [0.05, 0.1) is 0 Å². The standard InChI is InChI=1S/C9H10N6/c1-6(2)8-12-14-9(15-13-8)7-3-4-10-5-11-7/h3-6H,1-2H3. The molecule has 2 heterocycles. The Hall–Kier alpha value is -1.98. The molecule has 0 radical (unpaired) electrons. The number of hydrogen-bond acceptors (Lipinski definition) is 6. The minimum atomic E-state index is 0.226. The molecule has 0 saturated heterocycles. The summed E-state index contributed by atoms with van der Waals surface area (Å²) in [7, 11) is 0. The van der Waals surface area contributed by atoms with E-state index >= 15 is 0 Å². The van der Waals surface area contributed by atoms with Crippen molar-refractivity contribution >= 4 is 0 Å². The molecule has 76 valence electrons. The normalized spacial score (nSPS) is 10.6. The SMILES string of the molecule is CC(C)c1nnc(-c2ccncn2)nn1. The van der Waals surface area contributed by atoms with Crippen molar-refractivity contribution in [3.63, 3.8) is 0 Å². The predicted octanol–water partition coefficient (Wildman–Crippen LogP) is 0.847. The predicted molar refractivity (Wildman–Crippen MR) is 52.7 cm³/mol. The molecule has 6 nitrogen and oxygen atoms in total. The summed E-state index contributed by atoms with van der Waals surface area (Å²) in [6.45, 7) is 3.98. The van der Waals surface area contributed by atoms with Gasteiger partial charge in [-0.05, 0) is 6.07 Å². The van der Waals surface area contributed by atoms with Crippen LogP contribution in [0.4, 0.5) is 0 Å². The molecule has 2 rings (SSSR count). The maximum Gasteiger partial charge on any atom is 0.222 e. The van der Waals surface area contributed by atoms with Gasteiger partial charge in [-0.1, -0.05) is 13.8 Å². The molecule has 0 aliphatic heterocycles. The average Bonchev–Trinajstić information content (AvgIpc) is 2.30. The summed E-state index contributed by atoms with van der Waals surface area (Å²) in [5.74, 6) is 1.28. The lowest BCUT2D eigenvalue weighted by atomic mass is 10.2. The van der Waals surface area contributed by atoms with E-state index in [0.717, 1.165) is 0 Å². The second-order valence-corrected chi connectivity index (χ2v) is 3.33. The van der Waals surface area contributed by atoms with E-state index in [1.165, 1.54) is 6.33 Å². The minimum Gasteiger partial charge on any atom is -0.245 e. The Labute approximate surface area is 86.8 Å². The molecule has 0 aliphatic rings. The average molecular weight is 202 g/mol. The van der Waals surface area contributed by atoms with Gasteiger partial charge in [0, 0.05) is 12.1 Å². The summed E-state index contributed by atoms with van der Waals surface area (Å²) in [5, 5.41) is 15.9. The van der Waals surface area contributed by atoms with Gasteiger partial charge < -0.3 is 0 Å². The van der Waals surface area contributed by atoms with E-state index in [0.29, 0.717) is 17.3 Å². The molecule has 2 aromatic rings. The molecule has 2 aromatic heterocycles. The highest BCUT2D eigenvalue weighted by molar-refractivity contribution is 5.45. The van der Waals surface area contributed by atoms with E-state index in [1.54, 1.807) is 12.3 Å². The van der Waals surface area contributed by atoms with Crippen LogP contribution in [0.15, 0.2) is 18.6 Å². The maximum atomic E-state index is 4.01. The summed E-state index contributed by atoms with van der Waals surface area (Å²) in [5.41, 5.74) is 0.625. The fourth-order valence-electron chi connectivity index (χ4n) is 0.994. The summed E-state index contributed by atoms with van der Waals surface area (Å²) in [6, 6.07) is 1.72. The molecule has 0 spiro atoms. The maximum absolute atomic E-state index is 4.01. The summed E-state index contributed by atoms with van der Waals surface area (Å²) >= 11 is 0. The van der Waals surface area contributed by atoms with Gasteiger partial charge in [0.1, 0.15) is 12.0 Å². The number of rotatable bonds is 2. The highest BCUT2D eigenvalue weighted by atomic mass is 15.3. The zero-order valence-corrected chi connectivity index (χ0v) is 8.49. The van der Waals surface area contributed by atoms with Crippen molar-refractivity contribution in [2.24, 2.45) is 0 Å². The molecule has 0 amide bonds.